The highest BCUT2D eigenvalue weighted by Crippen LogP contribution is 2.20. The van der Waals surface area contributed by atoms with E-state index in [9.17, 15) is 13.2 Å². The Kier molecular flexibility index (Phi) is 6.25. The maximum Gasteiger partial charge on any atom is 0.303 e. The van der Waals surface area contributed by atoms with Gasteiger partial charge in [-0.25, -0.2) is 4.72 Å². The standard InChI is InChI=1S/C11H17ClN2O3S2/c1-3-14(4-2)19(16,17)13-11(15)6-5-10-7-9(12)8-18-10/h7-8H,3-6H2,1-2H3,(H,13,15). The van der Waals surface area contributed by atoms with E-state index in [1.165, 1.54) is 15.6 Å². The number of carbonyl (C=O) groups excluding carboxylic acids is 1. The van der Waals surface area contributed by atoms with Crippen LogP contribution in [0.4, 0.5) is 0 Å². The van der Waals surface area contributed by atoms with E-state index < -0.39 is 16.1 Å². The van der Waals surface area contributed by atoms with Crippen LogP contribution in [0.5, 0.6) is 0 Å². The van der Waals surface area contributed by atoms with E-state index in [0.717, 1.165) is 4.88 Å². The number of halogens is 1. The van der Waals surface area contributed by atoms with Crippen molar-refractivity contribution >= 4 is 39.1 Å². The number of hydrogen-bond donors (Lipinski definition) is 1. The van der Waals surface area contributed by atoms with Gasteiger partial charge in [0.05, 0.1) is 5.02 Å². The second-order valence-corrected chi connectivity index (χ2v) is 6.95. The number of aryl methyl sites for hydroxylation is 1. The summed E-state index contributed by atoms with van der Waals surface area (Å²) in [6.45, 7) is 4.11. The molecule has 0 aliphatic rings. The molecule has 0 atom stereocenters. The zero-order valence-electron chi connectivity index (χ0n) is 10.8. The Labute approximate surface area is 122 Å². The summed E-state index contributed by atoms with van der Waals surface area (Å²) in [5.74, 6) is -0.503. The molecular formula is C11H17ClN2O3S2. The first-order valence-electron chi connectivity index (χ1n) is 5.92. The molecule has 1 aromatic heterocycles. The third-order valence-corrected chi connectivity index (χ3v) is 5.53. The Morgan fingerprint density at radius 3 is 2.53 bits per heavy atom. The van der Waals surface area contributed by atoms with Crippen molar-refractivity contribution in [3.8, 4) is 0 Å². The molecule has 0 saturated heterocycles. The molecule has 0 saturated carbocycles. The van der Waals surface area contributed by atoms with Gasteiger partial charge < -0.3 is 0 Å². The van der Waals surface area contributed by atoms with Crippen LogP contribution >= 0.6 is 22.9 Å². The van der Waals surface area contributed by atoms with Crippen molar-refractivity contribution in [1.82, 2.24) is 9.03 Å². The molecule has 108 valence electrons. The maximum atomic E-state index is 11.8. The lowest BCUT2D eigenvalue weighted by Gasteiger charge is -2.18. The normalized spacial score (nSPS) is 11.8. The van der Waals surface area contributed by atoms with Gasteiger partial charge >= 0.3 is 10.2 Å². The third-order valence-electron chi connectivity index (χ3n) is 2.51. The van der Waals surface area contributed by atoms with Gasteiger partial charge in [0.25, 0.3) is 0 Å². The monoisotopic (exact) mass is 324 g/mol. The molecule has 0 aliphatic heterocycles. The number of nitrogens with zero attached hydrogens (tertiary/aromatic N) is 1. The van der Waals surface area contributed by atoms with Gasteiger partial charge in [-0.1, -0.05) is 25.4 Å². The van der Waals surface area contributed by atoms with E-state index in [0.29, 0.717) is 24.5 Å². The summed E-state index contributed by atoms with van der Waals surface area (Å²) in [4.78, 5) is 12.6. The minimum atomic E-state index is -3.71. The number of thiophene rings is 1. The number of hydrogen-bond acceptors (Lipinski definition) is 4. The molecule has 0 radical (unpaired) electrons. The minimum Gasteiger partial charge on any atom is -0.274 e. The summed E-state index contributed by atoms with van der Waals surface area (Å²) in [6.07, 6.45) is 0.605. The second-order valence-electron chi connectivity index (χ2n) is 3.85. The van der Waals surface area contributed by atoms with Gasteiger partial charge in [0, 0.05) is 29.8 Å². The summed E-state index contributed by atoms with van der Waals surface area (Å²) in [5.41, 5.74) is 0. The van der Waals surface area contributed by atoms with Crippen LogP contribution in [0.2, 0.25) is 5.02 Å². The van der Waals surface area contributed by atoms with Crippen molar-refractivity contribution in [3.05, 3.63) is 21.3 Å². The quantitative estimate of drug-likeness (QED) is 0.834. The fraction of sp³-hybridized carbons (Fsp3) is 0.545. The molecule has 0 unspecified atom stereocenters. The molecule has 1 heterocycles. The lowest BCUT2D eigenvalue weighted by atomic mass is 10.2. The number of carbonyl (C=O) groups is 1. The largest absolute Gasteiger partial charge is 0.303 e. The molecular weight excluding hydrogens is 308 g/mol. The van der Waals surface area contributed by atoms with Crippen LogP contribution in [0, 0.1) is 0 Å². The highest BCUT2D eigenvalue weighted by Gasteiger charge is 2.20. The average molecular weight is 325 g/mol. The Hall–Kier alpha value is -0.630. The zero-order chi connectivity index (χ0) is 14.5. The topological polar surface area (TPSA) is 66.5 Å². The molecule has 8 heteroatoms. The van der Waals surface area contributed by atoms with Gasteiger partial charge in [-0.15, -0.1) is 11.3 Å². The van der Waals surface area contributed by atoms with E-state index in [1.54, 1.807) is 25.3 Å². The van der Waals surface area contributed by atoms with Gasteiger partial charge in [0.2, 0.25) is 5.91 Å². The fourth-order valence-corrected chi connectivity index (χ4v) is 3.82. The third kappa shape index (κ3) is 5.10. The predicted octanol–water partition coefficient (Wildman–Crippen LogP) is 2.04. The van der Waals surface area contributed by atoms with Gasteiger partial charge in [0.1, 0.15) is 0 Å². The lowest BCUT2D eigenvalue weighted by Crippen LogP contribution is -2.43. The Morgan fingerprint density at radius 1 is 1.42 bits per heavy atom. The van der Waals surface area contributed by atoms with Crippen molar-refractivity contribution in [2.24, 2.45) is 0 Å². The second kappa shape index (κ2) is 7.23. The molecule has 0 aromatic carbocycles. The van der Waals surface area contributed by atoms with E-state index in [4.69, 9.17) is 11.6 Å². The van der Waals surface area contributed by atoms with E-state index in [1.807, 2.05) is 0 Å². The van der Waals surface area contributed by atoms with Crippen LogP contribution in [0.25, 0.3) is 0 Å². The Morgan fingerprint density at radius 2 is 2.05 bits per heavy atom. The summed E-state index contributed by atoms with van der Waals surface area (Å²) in [7, 11) is -3.71. The van der Waals surface area contributed by atoms with Crippen molar-refractivity contribution in [2.75, 3.05) is 13.1 Å². The van der Waals surface area contributed by atoms with Crippen LogP contribution in [0.15, 0.2) is 11.4 Å². The van der Waals surface area contributed by atoms with Crippen LogP contribution in [0.3, 0.4) is 0 Å². The van der Waals surface area contributed by atoms with Gasteiger partial charge in [-0.05, 0) is 12.5 Å². The SMILES string of the molecule is CCN(CC)S(=O)(=O)NC(=O)CCc1cc(Cl)cs1. The summed E-state index contributed by atoms with van der Waals surface area (Å²) in [5, 5.41) is 2.41. The molecule has 1 aromatic rings. The molecule has 0 aliphatic carbocycles. The average Bonchev–Trinajstić information content (AvgIpc) is 2.73. The van der Waals surface area contributed by atoms with Crippen molar-refractivity contribution < 1.29 is 13.2 Å². The van der Waals surface area contributed by atoms with Crippen molar-refractivity contribution in [3.63, 3.8) is 0 Å². The molecule has 19 heavy (non-hydrogen) atoms. The highest BCUT2D eigenvalue weighted by molar-refractivity contribution is 7.87. The lowest BCUT2D eigenvalue weighted by molar-refractivity contribution is -0.119. The summed E-state index contributed by atoms with van der Waals surface area (Å²) < 4.78 is 26.9. The number of rotatable bonds is 7. The molecule has 0 bridgehead atoms. The zero-order valence-corrected chi connectivity index (χ0v) is 13.2. The Bertz CT molecular complexity index is 524. The molecule has 1 N–H and O–H groups in total. The minimum absolute atomic E-state index is 0.122. The van der Waals surface area contributed by atoms with Gasteiger partial charge in [0.15, 0.2) is 0 Å². The molecule has 0 fully saturated rings. The van der Waals surface area contributed by atoms with Gasteiger partial charge in [-0.2, -0.15) is 12.7 Å². The highest BCUT2D eigenvalue weighted by atomic mass is 35.5. The maximum absolute atomic E-state index is 11.8. The van der Waals surface area contributed by atoms with E-state index >= 15 is 0 Å². The summed E-state index contributed by atoms with van der Waals surface area (Å²) in [6, 6.07) is 1.78. The van der Waals surface area contributed by atoms with Crippen molar-refractivity contribution in [2.45, 2.75) is 26.7 Å². The predicted molar refractivity (Wildman–Crippen MR) is 77.6 cm³/mol. The van der Waals surface area contributed by atoms with Crippen LogP contribution in [-0.4, -0.2) is 31.7 Å². The molecule has 0 spiro atoms. The number of amides is 1. The first kappa shape index (κ1) is 16.4. The van der Waals surface area contributed by atoms with Crippen LogP contribution < -0.4 is 4.72 Å². The smallest absolute Gasteiger partial charge is 0.274 e. The van der Waals surface area contributed by atoms with Gasteiger partial charge in [-0.3, -0.25) is 4.79 Å². The fourth-order valence-electron chi connectivity index (χ4n) is 1.54. The molecule has 1 amide bonds. The molecule has 1 rings (SSSR count). The first-order valence-corrected chi connectivity index (χ1v) is 8.62. The first-order chi connectivity index (χ1) is 8.89. The number of nitrogens with one attached hydrogen (secondary N) is 1. The summed E-state index contributed by atoms with van der Waals surface area (Å²) >= 11 is 7.22. The van der Waals surface area contributed by atoms with Crippen LogP contribution in [0.1, 0.15) is 25.1 Å². The molecule has 5 nitrogen and oxygen atoms in total. The van der Waals surface area contributed by atoms with E-state index in [2.05, 4.69) is 4.72 Å². The van der Waals surface area contributed by atoms with Crippen molar-refractivity contribution in [1.29, 1.82) is 0 Å². The van der Waals surface area contributed by atoms with Crippen LogP contribution in [-0.2, 0) is 21.4 Å². The van der Waals surface area contributed by atoms with E-state index in [-0.39, 0.29) is 6.42 Å². The Balaban J connectivity index is 2.51.